The summed E-state index contributed by atoms with van der Waals surface area (Å²) in [5.74, 6) is -0.170. The third-order valence-electron chi connectivity index (χ3n) is 3.48. The molecule has 0 saturated carbocycles. The van der Waals surface area contributed by atoms with Gasteiger partial charge in [-0.05, 0) is 47.3 Å². The quantitative estimate of drug-likeness (QED) is 0.905. The first kappa shape index (κ1) is 14.1. The van der Waals surface area contributed by atoms with Crippen LogP contribution in [-0.2, 0) is 4.79 Å². The number of likely N-dealkylation sites (tertiary alicyclic amines) is 1. The monoisotopic (exact) mass is 324 g/mol. The Morgan fingerprint density at radius 3 is 2.84 bits per heavy atom. The van der Waals surface area contributed by atoms with Gasteiger partial charge in [-0.1, -0.05) is 12.1 Å². The number of carbonyl (C=O) groups excluding carboxylic acids is 2. The third-order valence-corrected chi connectivity index (χ3v) is 4.54. The second-order valence-corrected chi connectivity index (χ2v) is 5.50. The molecule has 0 radical (unpaired) electrons. The smallest absolute Gasteiger partial charge is 0.255 e. The van der Waals surface area contributed by atoms with E-state index in [1.807, 2.05) is 19.1 Å². The van der Waals surface area contributed by atoms with E-state index < -0.39 is 0 Å². The van der Waals surface area contributed by atoms with E-state index in [9.17, 15) is 9.59 Å². The zero-order valence-electron chi connectivity index (χ0n) is 11.1. The molecule has 2 amide bonds. The number of aryl methyl sites for hydroxylation is 1. The first-order valence-corrected chi connectivity index (χ1v) is 7.13. The highest BCUT2D eigenvalue weighted by molar-refractivity contribution is 9.10. The van der Waals surface area contributed by atoms with Crippen molar-refractivity contribution in [2.75, 3.05) is 13.6 Å². The summed E-state index contributed by atoms with van der Waals surface area (Å²) < 4.78 is 0.808. The fourth-order valence-corrected chi connectivity index (χ4v) is 2.85. The molecule has 19 heavy (non-hydrogen) atoms. The Balaban J connectivity index is 2.28. The zero-order chi connectivity index (χ0) is 14.0. The van der Waals surface area contributed by atoms with Gasteiger partial charge >= 0.3 is 0 Å². The average molecular weight is 325 g/mol. The topological polar surface area (TPSA) is 49.4 Å². The van der Waals surface area contributed by atoms with Crippen LogP contribution in [-0.4, -0.2) is 36.3 Å². The second kappa shape index (κ2) is 5.74. The van der Waals surface area contributed by atoms with Gasteiger partial charge in [0, 0.05) is 18.1 Å². The van der Waals surface area contributed by atoms with Crippen LogP contribution >= 0.6 is 15.9 Å². The lowest BCUT2D eigenvalue weighted by Gasteiger charge is -2.24. The molecule has 1 unspecified atom stereocenters. The molecule has 1 aliphatic heterocycles. The minimum Gasteiger partial charge on any atom is -0.357 e. The molecule has 0 bridgehead atoms. The first-order valence-electron chi connectivity index (χ1n) is 6.34. The van der Waals surface area contributed by atoms with Crippen LogP contribution in [0.4, 0.5) is 0 Å². The molecule has 4 nitrogen and oxygen atoms in total. The summed E-state index contributed by atoms with van der Waals surface area (Å²) in [6, 6.07) is 5.25. The number of amides is 2. The molecular weight excluding hydrogens is 308 g/mol. The van der Waals surface area contributed by atoms with Crippen molar-refractivity contribution in [3.8, 4) is 0 Å². The lowest BCUT2D eigenvalue weighted by molar-refractivity contribution is -0.124. The number of rotatable bonds is 2. The average Bonchev–Trinajstić information content (AvgIpc) is 2.89. The molecule has 2 rings (SSSR count). The molecule has 0 aromatic heterocycles. The summed E-state index contributed by atoms with van der Waals surface area (Å²) in [5.41, 5.74) is 1.64. The fourth-order valence-electron chi connectivity index (χ4n) is 2.42. The molecule has 1 heterocycles. The van der Waals surface area contributed by atoms with E-state index in [2.05, 4.69) is 21.2 Å². The SMILES string of the molecule is CNC(=O)C1CCCN1C(=O)c1cccc(C)c1Br. The molecule has 1 aliphatic rings. The number of nitrogens with zero attached hydrogens (tertiary/aromatic N) is 1. The largest absolute Gasteiger partial charge is 0.357 e. The number of hydrogen-bond donors (Lipinski definition) is 1. The van der Waals surface area contributed by atoms with Gasteiger partial charge in [0.15, 0.2) is 0 Å². The van der Waals surface area contributed by atoms with Crippen molar-refractivity contribution in [2.45, 2.75) is 25.8 Å². The van der Waals surface area contributed by atoms with Crippen LogP contribution in [0, 0.1) is 6.92 Å². The highest BCUT2D eigenvalue weighted by Gasteiger charge is 2.34. The van der Waals surface area contributed by atoms with Gasteiger partial charge in [0.2, 0.25) is 5.91 Å². The molecule has 1 aromatic rings. The van der Waals surface area contributed by atoms with E-state index in [1.165, 1.54) is 0 Å². The summed E-state index contributed by atoms with van der Waals surface area (Å²) >= 11 is 3.45. The van der Waals surface area contributed by atoms with E-state index in [4.69, 9.17) is 0 Å². The molecule has 1 saturated heterocycles. The van der Waals surface area contributed by atoms with Gasteiger partial charge in [0.1, 0.15) is 6.04 Å². The molecule has 5 heteroatoms. The highest BCUT2D eigenvalue weighted by Crippen LogP contribution is 2.26. The molecule has 102 valence electrons. The highest BCUT2D eigenvalue weighted by atomic mass is 79.9. The van der Waals surface area contributed by atoms with Crippen molar-refractivity contribution < 1.29 is 9.59 Å². The van der Waals surface area contributed by atoms with Crippen molar-refractivity contribution in [1.29, 1.82) is 0 Å². The number of carbonyl (C=O) groups is 2. The van der Waals surface area contributed by atoms with Gasteiger partial charge in [-0.15, -0.1) is 0 Å². The molecule has 0 spiro atoms. The maximum absolute atomic E-state index is 12.6. The fraction of sp³-hybridized carbons (Fsp3) is 0.429. The van der Waals surface area contributed by atoms with Crippen molar-refractivity contribution >= 4 is 27.7 Å². The minimum atomic E-state index is -0.343. The summed E-state index contributed by atoms with van der Waals surface area (Å²) in [6.07, 6.45) is 1.60. The Morgan fingerprint density at radius 2 is 2.16 bits per heavy atom. The van der Waals surface area contributed by atoms with Gasteiger partial charge < -0.3 is 10.2 Å². The van der Waals surface area contributed by atoms with Gasteiger partial charge in [-0.2, -0.15) is 0 Å². The summed E-state index contributed by atoms with van der Waals surface area (Å²) in [4.78, 5) is 26.0. The summed E-state index contributed by atoms with van der Waals surface area (Å²) in [7, 11) is 1.60. The van der Waals surface area contributed by atoms with Crippen LogP contribution in [0.15, 0.2) is 22.7 Å². The Bertz CT molecular complexity index is 516. The second-order valence-electron chi connectivity index (χ2n) is 4.71. The van der Waals surface area contributed by atoms with E-state index in [0.717, 1.165) is 22.9 Å². The van der Waals surface area contributed by atoms with Gasteiger partial charge in [0.05, 0.1) is 5.56 Å². The van der Waals surface area contributed by atoms with Crippen molar-refractivity contribution in [3.63, 3.8) is 0 Å². The number of likely N-dealkylation sites (N-methyl/N-ethyl adjacent to an activating group) is 1. The maximum atomic E-state index is 12.6. The number of nitrogens with one attached hydrogen (secondary N) is 1. The maximum Gasteiger partial charge on any atom is 0.255 e. The van der Waals surface area contributed by atoms with E-state index in [1.54, 1.807) is 18.0 Å². The van der Waals surface area contributed by atoms with Crippen LogP contribution in [0.5, 0.6) is 0 Å². The number of benzene rings is 1. The summed E-state index contributed by atoms with van der Waals surface area (Å²) in [6.45, 7) is 2.58. The molecule has 1 atom stereocenters. The molecule has 1 aromatic carbocycles. The van der Waals surface area contributed by atoms with E-state index in [-0.39, 0.29) is 17.9 Å². The molecule has 1 fully saturated rings. The van der Waals surface area contributed by atoms with Crippen molar-refractivity contribution in [2.24, 2.45) is 0 Å². The van der Waals surface area contributed by atoms with Gasteiger partial charge in [0.25, 0.3) is 5.91 Å². The van der Waals surface area contributed by atoms with Crippen LogP contribution in [0.25, 0.3) is 0 Å². The normalized spacial score (nSPS) is 18.5. The Kier molecular flexibility index (Phi) is 4.24. The van der Waals surface area contributed by atoms with Crippen molar-refractivity contribution in [3.05, 3.63) is 33.8 Å². The van der Waals surface area contributed by atoms with E-state index >= 15 is 0 Å². The van der Waals surface area contributed by atoms with Gasteiger partial charge in [-0.25, -0.2) is 0 Å². The third kappa shape index (κ3) is 2.66. The van der Waals surface area contributed by atoms with E-state index in [0.29, 0.717) is 12.1 Å². The Morgan fingerprint density at radius 1 is 1.42 bits per heavy atom. The number of halogens is 1. The first-order chi connectivity index (χ1) is 9.06. The molecular formula is C14H17BrN2O2. The van der Waals surface area contributed by atoms with Crippen LogP contribution in [0.2, 0.25) is 0 Å². The number of hydrogen-bond acceptors (Lipinski definition) is 2. The van der Waals surface area contributed by atoms with Crippen LogP contribution in [0.1, 0.15) is 28.8 Å². The zero-order valence-corrected chi connectivity index (χ0v) is 12.7. The Labute approximate surface area is 121 Å². The van der Waals surface area contributed by atoms with Crippen LogP contribution < -0.4 is 5.32 Å². The van der Waals surface area contributed by atoms with Crippen LogP contribution in [0.3, 0.4) is 0 Å². The lowest BCUT2D eigenvalue weighted by Crippen LogP contribution is -2.45. The van der Waals surface area contributed by atoms with Crippen molar-refractivity contribution in [1.82, 2.24) is 10.2 Å². The molecule has 1 N–H and O–H groups in total. The minimum absolute atomic E-state index is 0.0818. The molecule has 0 aliphatic carbocycles. The summed E-state index contributed by atoms with van der Waals surface area (Å²) in [5, 5.41) is 2.62. The predicted octanol–water partition coefficient (Wildman–Crippen LogP) is 2.11. The standard InChI is InChI=1S/C14H17BrN2O2/c1-9-5-3-6-10(12(9)15)14(19)17-8-4-7-11(17)13(18)16-2/h3,5-6,11H,4,7-8H2,1-2H3,(H,16,18). The Hall–Kier alpha value is -1.36. The lowest BCUT2D eigenvalue weighted by atomic mass is 10.1. The predicted molar refractivity (Wildman–Crippen MR) is 77.0 cm³/mol. The van der Waals surface area contributed by atoms with Gasteiger partial charge in [-0.3, -0.25) is 9.59 Å².